The van der Waals surface area contributed by atoms with Crippen molar-refractivity contribution in [3.05, 3.63) is 35.9 Å². The third-order valence-corrected chi connectivity index (χ3v) is 5.70. The number of benzene rings is 1. The van der Waals surface area contributed by atoms with Gasteiger partial charge in [0.2, 0.25) is 0 Å². The quantitative estimate of drug-likeness (QED) is 0.438. The standard InChI is InChI=1S/C13H16NO7P/c1-18-11(15)13(22(17,19-2)20-3)12(16)21-14(13)9-10-7-5-4-6-8-10/h4-8H,9H2,1-3H3/t13-/m1/s1. The zero-order chi connectivity index (χ0) is 16.4. The van der Waals surface area contributed by atoms with Gasteiger partial charge in [0.05, 0.1) is 13.7 Å². The second-order valence-electron chi connectivity index (χ2n) is 4.43. The van der Waals surface area contributed by atoms with E-state index in [1.807, 2.05) is 6.07 Å². The van der Waals surface area contributed by atoms with E-state index < -0.39 is 24.8 Å². The molecule has 1 saturated heterocycles. The van der Waals surface area contributed by atoms with Crippen LogP contribution in [0.5, 0.6) is 0 Å². The first-order valence-electron chi connectivity index (χ1n) is 6.30. The van der Waals surface area contributed by atoms with Crippen LogP contribution < -0.4 is 0 Å². The Hall–Kier alpha value is -1.73. The highest BCUT2D eigenvalue weighted by Crippen LogP contribution is 2.65. The fourth-order valence-electron chi connectivity index (χ4n) is 2.21. The van der Waals surface area contributed by atoms with Gasteiger partial charge in [-0.15, -0.1) is 0 Å². The first-order chi connectivity index (χ1) is 10.5. The molecular weight excluding hydrogens is 313 g/mol. The van der Waals surface area contributed by atoms with Gasteiger partial charge in [-0.25, -0.2) is 9.59 Å². The lowest BCUT2D eigenvalue weighted by Crippen LogP contribution is -2.70. The van der Waals surface area contributed by atoms with E-state index in [4.69, 9.17) is 13.9 Å². The van der Waals surface area contributed by atoms with Gasteiger partial charge in [-0.3, -0.25) is 4.57 Å². The molecule has 1 aromatic rings. The molecule has 9 heteroatoms. The third-order valence-electron chi connectivity index (χ3n) is 3.35. The summed E-state index contributed by atoms with van der Waals surface area (Å²) in [5, 5.41) is -1.30. The number of carbonyl (C=O) groups excluding carboxylic acids is 2. The van der Waals surface area contributed by atoms with E-state index in [9.17, 15) is 14.2 Å². The second-order valence-corrected chi connectivity index (χ2v) is 6.80. The molecule has 0 aliphatic carbocycles. The van der Waals surface area contributed by atoms with Gasteiger partial charge in [-0.2, -0.15) is 0 Å². The Kier molecular flexibility index (Phi) is 4.67. The van der Waals surface area contributed by atoms with Crippen molar-refractivity contribution in [3.8, 4) is 0 Å². The van der Waals surface area contributed by atoms with Crippen molar-refractivity contribution in [2.75, 3.05) is 21.3 Å². The van der Waals surface area contributed by atoms with Crippen molar-refractivity contribution in [1.82, 2.24) is 5.06 Å². The van der Waals surface area contributed by atoms with Crippen LogP contribution in [0, 0.1) is 0 Å². The molecule has 0 bridgehead atoms. The predicted molar refractivity (Wildman–Crippen MR) is 74.4 cm³/mol. The Morgan fingerprint density at radius 3 is 2.27 bits per heavy atom. The molecule has 0 unspecified atom stereocenters. The molecule has 2 rings (SSSR count). The van der Waals surface area contributed by atoms with E-state index in [1.165, 1.54) is 0 Å². The average Bonchev–Trinajstić information content (AvgIpc) is 2.55. The summed E-state index contributed by atoms with van der Waals surface area (Å²) in [4.78, 5) is 29.1. The number of hydrogen-bond donors (Lipinski definition) is 0. The predicted octanol–water partition coefficient (Wildman–Crippen LogP) is 1.32. The molecule has 1 aromatic carbocycles. The molecule has 0 aromatic heterocycles. The van der Waals surface area contributed by atoms with Gasteiger partial charge in [0.15, 0.2) is 0 Å². The first-order valence-corrected chi connectivity index (χ1v) is 7.84. The minimum Gasteiger partial charge on any atom is -0.467 e. The van der Waals surface area contributed by atoms with Gasteiger partial charge >= 0.3 is 24.8 Å². The summed E-state index contributed by atoms with van der Waals surface area (Å²) >= 11 is 0. The summed E-state index contributed by atoms with van der Waals surface area (Å²) in [6.45, 7) is 0.0262. The SMILES string of the molecule is COC(=O)[C@@]1(P(=O)(OC)OC)C(=O)ON1Cc1ccccc1. The molecule has 120 valence electrons. The lowest BCUT2D eigenvalue weighted by molar-refractivity contribution is -0.277. The summed E-state index contributed by atoms with van der Waals surface area (Å²) in [5.74, 6) is -2.10. The number of hydroxylamine groups is 2. The van der Waals surface area contributed by atoms with Gasteiger partial charge in [-0.1, -0.05) is 35.4 Å². The summed E-state index contributed by atoms with van der Waals surface area (Å²) in [5.41, 5.74) is 0.738. The van der Waals surface area contributed by atoms with E-state index >= 15 is 0 Å². The van der Waals surface area contributed by atoms with E-state index in [-0.39, 0.29) is 6.54 Å². The van der Waals surface area contributed by atoms with Gasteiger partial charge in [-0.05, 0) is 5.56 Å². The highest BCUT2D eigenvalue weighted by molar-refractivity contribution is 7.58. The maximum absolute atomic E-state index is 12.8. The molecular formula is C13H16NO7P. The number of esters is 1. The zero-order valence-electron chi connectivity index (χ0n) is 12.3. The zero-order valence-corrected chi connectivity index (χ0v) is 13.2. The normalized spacial score (nSPS) is 21.9. The summed E-state index contributed by atoms with van der Waals surface area (Å²) in [7, 11) is -0.917. The van der Waals surface area contributed by atoms with Crippen molar-refractivity contribution in [2.45, 2.75) is 11.8 Å². The molecule has 8 nitrogen and oxygen atoms in total. The first kappa shape index (κ1) is 16.6. The van der Waals surface area contributed by atoms with Gasteiger partial charge in [0, 0.05) is 14.2 Å². The van der Waals surface area contributed by atoms with Crippen molar-refractivity contribution in [2.24, 2.45) is 0 Å². The number of hydrogen-bond acceptors (Lipinski definition) is 8. The molecule has 22 heavy (non-hydrogen) atoms. The van der Waals surface area contributed by atoms with E-state index in [2.05, 4.69) is 4.74 Å². The molecule has 1 aliphatic rings. The molecule has 1 atom stereocenters. The van der Waals surface area contributed by atoms with E-state index in [0.29, 0.717) is 0 Å². The van der Waals surface area contributed by atoms with Crippen LogP contribution in [0.4, 0.5) is 0 Å². The Morgan fingerprint density at radius 2 is 1.82 bits per heavy atom. The number of carbonyl (C=O) groups is 2. The smallest absolute Gasteiger partial charge is 0.376 e. The third kappa shape index (κ3) is 2.24. The van der Waals surface area contributed by atoms with Gasteiger partial charge < -0.3 is 18.6 Å². The highest BCUT2D eigenvalue weighted by Gasteiger charge is 2.77. The monoisotopic (exact) mass is 329 g/mol. The largest absolute Gasteiger partial charge is 0.467 e. The van der Waals surface area contributed by atoms with Crippen LogP contribution in [0.1, 0.15) is 5.56 Å². The molecule has 1 heterocycles. The average molecular weight is 329 g/mol. The molecule has 1 aliphatic heterocycles. The maximum atomic E-state index is 12.8. The van der Waals surface area contributed by atoms with Crippen molar-refractivity contribution in [3.63, 3.8) is 0 Å². The van der Waals surface area contributed by atoms with Crippen molar-refractivity contribution < 1.29 is 32.8 Å². The molecule has 0 spiro atoms. The van der Waals surface area contributed by atoms with Crippen LogP contribution in [0.25, 0.3) is 0 Å². The van der Waals surface area contributed by atoms with Crippen LogP contribution in [0.2, 0.25) is 0 Å². The van der Waals surface area contributed by atoms with Crippen LogP contribution in [0.15, 0.2) is 30.3 Å². The van der Waals surface area contributed by atoms with E-state index in [0.717, 1.165) is 32.0 Å². The number of nitrogens with zero attached hydrogens (tertiary/aromatic N) is 1. The minimum atomic E-state index is -4.16. The lowest BCUT2D eigenvalue weighted by atomic mass is 10.1. The lowest BCUT2D eigenvalue weighted by Gasteiger charge is -2.46. The Labute approximate surface area is 127 Å². The highest BCUT2D eigenvalue weighted by atomic mass is 31.2. The molecule has 0 amide bonds. The number of rotatable bonds is 6. The van der Waals surface area contributed by atoms with Gasteiger partial charge in [0.1, 0.15) is 0 Å². The van der Waals surface area contributed by atoms with E-state index in [1.54, 1.807) is 24.3 Å². The summed E-state index contributed by atoms with van der Waals surface area (Å²) in [6, 6.07) is 8.90. The molecule has 1 fully saturated rings. The van der Waals surface area contributed by atoms with Crippen LogP contribution in [0.3, 0.4) is 0 Å². The molecule has 0 N–H and O–H groups in total. The molecule has 0 radical (unpaired) electrons. The Balaban J connectivity index is 2.44. The number of methoxy groups -OCH3 is 1. The molecule has 0 saturated carbocycles. The minimum absolute atomic E-state index is 0.0262. The van der Waals surface area contributed by atoms with Crippen molar-refractivity contribution in [1.29, 1.82) is 0 Å². The van der Waals surface area contributed by atoms with Crippen LogP contribution in [-0.4, -0.2) is 43.6 Å². The number of ether oxygens (including phenoxy) is 1. The van der Waals surface area contributed by atoms with Crippen LogP contribution in [-0.2, 0) is 39.3 Å². The van der Waals surface area contributed by atoms with Gasteiger partial charge in [0.25, 0.3) is 0 Å². The fourth-order valence-corrected chi connectivity index (χ4v) is 3.86. The Morgan fingerprint density at radius 1 is 1.23 bits per heavy atom. The fraction of sp³-hybridized carbons (Fsp3) is 0.385. The van der Waals surface area contributed by atoms with Crippen LogP contribution >= 0.6 is 7.60 Å². The topological polar surface area (TPSA) is 91.4 Å². The summed E-state index contributed by atoms with van der Waals surface area (Å²) < 4.78 is 27.1. The second kappa shape index (κ2) is 6.18. The maximum Gasteiger partial charge on any atom is 0.376 e. The Bertz CT molecular complexity index is 612. The van der Waals surface area contributed by atoms with Crippen molar-refractivity contribution >= 4 is 19.5 Å². The summed E-state index contributed by atoms with van der Waals surface area (Å²) in [6.07, 6.45) is 0.